The molecule has 2 aliphatic rings. The summed E-state index contributed by atoms with van der Waals surface area (Å²) in [6.45, 7) is 11.2. The fourth-order valence-corrected chi connectivity index (χ4v) is 11.4. The summed E-state index contributed by atoms with van der Waals surface area (Å²) in [5.74, 6) is 0. The van der Waals surface area contributed by atoms with Gasteiger partial charge >= 0.3 is 6.09 Å². The fourth-order valence-electron chi connectivity index (χ4n) is 8.43. The molecule has 8 heterocycles. The largest absolute Gasteiger partial charge is 0.444 e. The lowest BCUT2D eigenvalue weighted by molar-refractivity contribution is 0.0240. The number of anilines is 2. The number of pyridine rings is 2. The van der Waals surface area contributed by atoms with Crippen molar-refractivity contribution in [2.75, 3.05) is 62.2 Å². The molecule has 0 bridgehead atoms. The van der Waals surface area contributed by atoms with Crippen LogP contribution in [0.25, 0.3) is 44.6 Å². The number of ether oxygens (including phenoxy) is 1. The molecule has 1 amide bonds. The predicted molar refractivity (Wildman–Crippen MR) is 257 cm³/mol. The Morgan fingerprint density at radius 2 is 1.04 bits per heavy atom. The second kappa shape index (κ2) is 18.0. The average molecular weight is 945 g/mol. The molecule has 0 atom stereocenters. The van der Waals surface area contributed by atoms with E-state index in [0.29, 0.717) is 59.8 Å². The summed E-state index contributed by atoms with van der Waals surface area (Å²) in [5.41, 5.74) is 4.50. The highest BCUT2D eigenvalue weighted by Gasteiger charge is 2.31. The van der Waals surface area contributed by atoms with Crippen LogP contribution in [0.1, 0.15) is 20.8 Å². The lowest BCUT2D eigenvalue weighted by Crippen LogP contribution is -2.50. The van der Waals surface area contributed by atoms with E-state index in [1.165, 1.54) is 7.94 Å². The standard InChI is InChI=1S/C26H30N6O4S.C21H22N6O2S/c1-26(2,3)36-25(33)31-14-12-30(13-15-31)22-10-11-27-24-21(22)16-23(19-17-28-29(4)18-19)32(24)37(34,35)20-8-6-5-7-9-20;1-25-15-16(14-24-25)20-13-18-19(26-11-9-22-10-12-26)7-8-23-21(18)27(20)30(28,29)17-5-3-2-4-6-17/h5-11,16-18H,12-15H2,1-4H3;2-8,13-15,22H,9-12H2,1H3. The van der Waals surface area contributed by atoms with Crippen molar-refractivity contribution in [2.24, 2.45) is 14.1 Å². The molecule has 0 unspecified atom stereocenters. The Bertz CT molecular complexity index is 3290. The first-order valence-corrected chi connectivity index (χ1v) is 24.8. The number of carbonyl (C=O) groups excluding carboxylic acids is 1. The third-order valence-electron chi connectivity index (χ3n) is 11.6. The normalized spacial score (nSPS) is 14.9. The summed E-state index contributed by atoms with van der Waals surface area (Å²) in [5, 5.41) is 13.4. The van der Waals surface area contributed by atoms with Crippen LogP contribution in [0.3, 0.4) is 0 Å². The molecular weight excluding hydrogens is 893 g/mol. The van der Waals surface area contributed by atoms with Crippen LogP contribution in [0.5, 0.6) is 0 Å². The van der Waals surface area contributed by atoms with E-state index >= 15 is 0 Å². The summed E-state index contributed by atoms with van der Waals surface area (Å²) in [7, 11) is -4.20. The van der Waals surface area contributed by atoms with Crippen LogP contribution in [-0.2, 0) is 38.9 Å². The number of nitrogens with zero attached hydrogens (tertiary/aromatic N) is 11. The summed E-state index contributed by atoms with van der Waals surface area (Å²) in [6, 6.07) is 24.4. The predicted octanol–water partition coefficient (Wildman–Crippen LogP) is 5.81. The van der Waals surface area contributed by atoms with Crippen LogP contribution in [0.4, 0.5) is 16.2 Å². The Kier molecular flexibility index (Phi) is 12.1. The molecular formula is C47H52N12O6S2. The van der Waals surface area contributed by atoms with Gasteiger partial charge in [-0.1, -0.05) is 36.4 Å². The highest BCUT2D eigenvalue weighted by Crippen LogP contribution is 2.38. The monoisotopic (exact) mass is 944 g/mol. The molecule has 2 aromatic carbocycles. The average Bonchev–Trinajstić information content (AvgIpc) is 4.14. The first kappa shape index (κ1) is 45.1. The first-order valence-electron chi connectivity index (χ1n) is 21.9. The van der Waals surface area contributed by atoms with Crippen molar-refractivity contribution in [2.45, 2.75) is 36.2 Å². The maximum Gasteiger partial charge on any atom is 0.410 e. The van der Waals surface area contributed by atoms with E-state index in [1.54, 1.807) is 113 Å². The molecule has 20 heteroatoms. The van der Waals surface area contributed by atoms with Gasteiger partial charge in [0.15, 0.2) is 11.3 Å². The summed E-state index contributed by atoms with van der Waals surface area (Å²) in [4.78, 5) is 28.0. The van der Waals surface area contributed by atoms with E-state index in [1.807, 2.05) is 58.3 Å². The van der Waals surface area contributed by atoms with E-state index < -0.39 is 25.6 Å². The number of benzene rings is 2. The molecule has 2 aliphatic heterocycles. The molecule has 0 spiro atoms. The summed E-state index contributed by atoms with van der Waals surface area (Å²) >= 11 is 0. The van der Waals surface area contributed by atoms with Gasteiger partial charge in [0, 0.05) is 125 Å². The Balaban J connectivity index is 0.000000171. The number of aryl methyl sites for hydroxylation is 2. The van der Waals surface area contributed by atoms with Gasteiger partial charge in [0.25, 0.3) is 20.0 Å². The Hall–Kier alpha value is -7.03. The molecule has 67 heavy (non-hydrogen) atoms. The SMILES string of the molecule is Cn1cc(-c2cc3c(N4CCN(C(=O)OC(C)(C)C)CC4)ccnc3n2S(=O)(=O)c2ccccc2)cn1.Cn1cc(-c2cc3c(N4CCNCC4)ccnc3n2S(=O)(=O)c2ccccc2)cn1. The molecule has 348 valence electrons. The minimum atomic E-state index is -3.95. The van der Waals surface area contributed by atoms with Crippen molar-refractivity contribution in [1.82, 2.24) is 47.7 Å². The van der Waals surface area contributed by atoms with E-state index in [0.717, 1.165) is 48.5 Å². The number of nitrogens with one attached hydrogen (secondary N) is 1. The quantitative estimate of drug-likeness (QED) is 0.192. The van der Waals surface area contributed by atoms with Gasteiger partial charge in [-0.15, -0.1) is 0 Å². The zero-order chi connectivity index (χ0) is 47.1. The van der Waals surface area contributed by atoms with Gasteiger partial charge in [-0.2, -0.15) is 10.2 Å². The lowest BCUT2D eigenvalue weighted by Gasteiger charge is -2.37. The highest BCUT2D eigenvalue weighted by atomic mass is 32.2. The van der Waals surface area contributed by atoms with E-state index in [9.17, 15) is 21.6 Å². The zero-order valence-electron chi connectivity index (χ0n) is 37.9. The van der Waals surface area contributed by atoms with E-state index in [2.05, 4.69) is 35.3 Å². The fraction of sp³-hybridized carbons (Fsp3) is 0.298. The highest BCUT2D eigenvalue weighted by molar-refractivity contribution is 7.90. The third kappa shape index (κ3) is 8.98. The van der Waals surface area contributed by atoms with Gasteiger partial charge in [-0.25, -0.2) is 39.5 Å². The molecule has 0 saturated carbocycles. The molecule has 2 saturated heterocycles. The van der Waals surface area contributed by atoms with Crippen LogP contribution < -0.4 is 15.1 Å². The molecule has 2 fully saturated rings. The van der Waals surface area contributed by atoms with Crippen LogP contribution in [0, 0.1) is 0 Å². The van der Waals surface area contributed by atoms with Crippen LogP contribution in [-0.4, -0.2) is 123 Å². The second-order valence-electron chi connectivity index (χ2n) is 17.4. The smallest absolute Gasteiger partial charge is 0.410 e. The Labute approximate surface area is 389 Å². The number of rotatable bonds is 8. The van der Waals surface area contributed by atoms with Gasteiger partial charge in [0.05, 0.1) is 33.6 Å². The van der Waals surface area contributed by atoms with Crippen LogP contribution in [0.2, 0.25) is 0 Å². The topological polar surface area (TPSA) is 188 Å². The van der Waals surface area contributed by atoms with Crippen molar-refractivity contribution < 1.29 is 26.4 Å². The number of carbonyl (C=O) groups is 1. The number of hydrogen-bond acceptors (Lipinski definition) is 13. The summed E-state index contributed by atoms with van der Waals surface area (Å²) < 4.78 is 66.5. The van der Waals surface area contributed by atoms with Gasteiger partial charge < -0.3 is 24.8 Å². The van der Waals surface area contributed by atoms with Gasteiger partial charge in [0.2, 0.25) is 0 Å². The van der Waals surface area contributed by atoms with E-state index in [-0.39, 0.29) is 15.9 Å². The maximum atomic E-state index is 13.9. The number of aromatic nitrogens is 8. The van der Waals surface area contributed by atoms with Crippen molar-refractivity contribution in [3.8, 4) is 22.5 Å². The number of piperazine rings is 2. The summed E-state index contributed by atoms with van der Waals surface area (Å²) in [6.07, 6.45) is 9.90. The first-order chi connectivity index (χ1) is 32.1. The molecule has 18 nitrogen and oxygen atoms in total. The second-order valence-corrected chi connectivity index (χ2v) is 20.9. The zero-order valence-corrected chi connectivity index (χ0v) is 39.5. The number of fused-ring (bicyclic) bond motifs is 2. The minimum absolute atomic E-state index is 0.177. The maximum absolute atomic E-state index is 13.9. The van der Waals surface area contributed by atoms with Gasteiger partial charge in [-0.05, 0) is 69.3 Å². The Morgan fingerprint density at radius 1 is 0.612 bits per heavy atom. The van der Waals surface area contributed by atoms with Crippen LogP contribution in [0.15, 0.2) is 132 Å². The molecule has 8 aromatic rings. The number of hydrogen-bond donors (Lipinski definition) is 1. The number of amides is 1. The lowest BCUT2D eigenvalue weighted by atomic mass is 10.2. The molecule has 6 aromatic heterocycles. The minimum Gasteiger partial charge on any atom is -0.444 e. The Morgan fingerprint density at radius 3 is 1.45 bits per heavy atom. The molecule has 0 aliphatic carbocycles. The molecule has 0 radical (unpaired) electrons. The van der Waals surface area contributed by atoms with Crippen molar-refractivity contribution in [3.63, 3.8) is 0 Å². The third-order valence-corrected chi connectivity index (χ3v) is 15.0. The van der Waals surface area contributed by atoms with Crippen molar-refractivity contribution >= 4 is 59.6 Å². The van der Waals surface area contributed by atoms with Gasteiger partial charge in [0.1, 0.15) is 5.60 Å². The van der Waals surface area contributed by atoms with Crippen LogP contribution >= 0.6 is 0 Å². The van der Waals surface area contributed by atoms with Crippen molar-refractivity contribution in [3.05, 3.63) is 122 Å². The molecule has 1 N–H and O–H groups in total. The van der Waals surface area contributed by atoms with Crippen molar-refractivity contribution in [1.29, 1.82) is 0 Å². The molecule has 10 rings (SSSR count). The van der Waals surface area contributed by atoms with Gasteiger partial charge in [-0.3, -0.25) is 9.36 Å². The van der Waals surface area contributed by atoms with E-state index in [4.69, 9.17) is 4.74 Å².